The molecule has 4 rings (SSSR count). The van der Waals surface area contributed by atoms with E-state index in [9.17, 15) is 26.4 Å². The van der Waals surface area contributed by atoms with Crippen LogP contribution in [0.4, 0.5) is 13.2 Å². The topological polar surface area (TPSA) is 98.2 Å². The molecule has 2 unspecified atom stereocenters. The monoisotopic (exact) mass is 519 g/mol. The lowest BCUT2D eigenvalue weighted by Crippen LogP contribution is -2.51. The third kappa shape index (κ3) is 6.15. The first-order valence-electron chi connectivity index (χ1n) is 11.6. The number of benzene rings is 1. The molecule has 35 heavy (non-hydrogen) atoms. The Bertz CT molecular complexity index is 1010. The van der Waals surface area contributed by atoms with Gasteiger partial charge in [0, 0.05) is 38.0 Å². The molecule has 1 saturated carbocycles. The highest BCUT2D eigenvalue weighted by Crippen LogP contribution is 2.48. The van der Waals surface area contributed by atoms with Gasteiger partial charge in [0.05, 0.1) is 11.3 Å². The number of carboxylic acid groups (broad SMARTS) is 1. The molecule has 3 fully saturated rings. The minimum absolute atomic E-state index is 0.148. The first-order valence-corrected chi connectivity index (χ1v) is 13.1. The highest BCUT2D eigenvalue weighted by Gasteiger charge is 2.56. The van der Waals surface area contributed by atoms with Gasteiger partial charge in [0.2, 0.25) is 15.9 Å². The van der Waals surface area contributed by atoms with E-state index in [1.165, 1.54) is 5.56 Å². The summed E-state index contributed by atoms with van der Waals surface area (Å²) < 4.78 is 59.9. The van der Waals surface area contributed by atoms with Gasteiger partial charge in [0.25, 0.3) is 0 Å². The zero-order valence-corrected chi connectivity index (χ0v) is 20.7. The average Bonchev–Trinajstić information content (AvgIpc) is 3.59. The number of likely N-dealkylation sites (N-methyl/N-ethyl adjacent to an activating group) is 1. The number of carbonyl (C=O) groups is 2. The van der Waals surface area contributed by atoms with E-state index < -0.39 is 22.2 Å². The Morgan fingerprint density at radius 3 is 2.29 bits per heavy atom. The van der Waals surface area contributed by atoms with Crippen molar-refractivity contribution in [3.63, 3.8) is 0 Å². The van der Waals surface area contributed by atoms with Crippen molar-refractivity contribution in [1.29, 1.82) is 0 Å². The molecule has 1 amide bonds. The van der Waals surface area contributed by atoms with E-state index >= 15 is 0 Å². The first-order chi connectivity index (χ1) is 16.3. The van der Waals surface area contributed by atoms with Gasteiger partial charge in [-0.25, -0.2) is 13.2 Å². The summed E-state index contributed by atoms with van der Waals surface area (Å²) in [5, 5.41) is 6.91. The van der Waals surface area contributed by atoms with Gasteiger partial charge in [-0.2, -0.15) is 17.5 Å². The van der Waals surface area contributed by atoms with Crippen LogP contribution < -0.4 is 0 Å². The minimum atomic E-state index is -5.08. The summed E-state index contributed by atoms with van der Waals surface area (Å²) in [4.78, 5) is 25.7. The maximum absolute atomic E-state index is 13.2. The van der Waals surface area contributed by atoms with Crippen molar-refractivity contribution in [3.05, 3.63) is 35.9 Å². The van der Waals surface area contributed by atoms with Gasteiger partial charge in [0.1, 0.15) is 0 Å². The number of amides is 1. The predicted octanol–water partition coefficient (Wildman–Crippen LogP) is 2.31. The molecule has 2 aliphatic heterocycles. The maximum Gasteiger partial charge on any atom is 0.490 e. The van der Waals surface area contributed by atoms with Crippen molar-refractivity contribution in [3.8, 4) is 0 Å². The van der Waals surface area contributed by atoms with Crippen LogP contribution in [0.2, 0.25) is 0 Å². The molecule has 0 radical (unpaired) electrons. The third-order valence-corrected chi connectivity index (χ3v) is 9.38. The van der Waals surface area contributed by atoms with Crippen molar-refractivity contribution in [1.82, 2.24) is 14.1 Å². The standard InChI is InChI=1S/C21H31N3O3S.C2HF3O2/c1-22(2)14-15-23-16-19-21(11-10-20(23)25,17-6-4-3-5-7-17)12-13-24(19)28(26,27)18-8-9-18;3-2(4,5)1(6)7/h3-7,18-19H,8-16H2,1-2H3;(H,6,7). The SMILES string of the molecule is CN(C)CCN1CC2N(S(=O)(=O)C3CC3)CCC2(c2ccccc2)CCC1=O.O=C(O)C(F)(F)F. The molecule has 8 nitrogen and oxygen atoms in total. The van der Waals surface area contributed by atoms with Gasteiger partial charge < -0.3 is 14.9 Å². The van der Waals surface area contributed by atoms with E-state index in [4.69, 9.17) is 9.90 Å². The largest absolute Gasteiger partial charge is 0.490 e. The lowest BCUT2D eigenvalue weighted by atomic mass is 9.71. The normalized spacial score (nSPS) is 25.6. The third-order valence-electron chi connectivity index (χ3n) is 6.98. The Morgan fingerprint density at radius 1 is 1.17 bits per heavy atom. The molecule has 3 aliphatic rings. The fourth-order valence-corrected chi connectivity index (χ4v) is 7.00. The summed E-state index contributed by atoms with van der Waals surface area (Å²) in [6.45, 7) is 2.48. The van der Waals surface area contributed by atoms with Crippen LogP contribution in [0.1, 0.15) is 37.7 Å². The number of likely N-dealkylation sites (tertiary alicyclic amines) is 1. The smallest absolute Gasteiger partial charge is 0.475 e. The van der Waals surface area contributed by atoms with Crippen molar-refractivity contribution in [2.75, 3.05) is 40.3 Å². The van der Waals surface area contributed by atoms with Gasteiger partial charge in [-0.15, -0.1) is 0 Å². The second-order valence-corrected chi connectivity index (χ2v) is 11.8. The van der Waals surface area contributed by atoms with E-state index in [0.717, 1.165) is 32.2 Å². The Kier molecular flexibility index (Phi) is 8.17. The van der Waals surface area contributed by atoms with E-state index in [1.54, 1.807) is 4.31 Å². The van der Waals surface area contributed by atoms with Gasteiger partial charge >= 0.3 is 12.1 Å². The summed E-state index contributed by atoms with van der Waals surface area (Å²) in [6.07, 6.45) is -1.55. The summed E-state index contributed by atoms with van der Waals surface area (Å²) in [5.74, 6) is -2.61. The quantitative estimate of drug-likeness (QED) is 0.620. The van der Waals surface area contributed by atoms with E-state index in [2.05, 4.69) is 17.0 Å². The number of hydrogen-bond donors (Lipinski definition) is 1. The summed E-state index contributed by atoms with van der Waals surface area (Å²) >= 11 is 0. The molecule has 0 spiro atoms. The molecule has 1 aliphatic carbocycles. The highest BCUT2D eigenvalue weighted by molar-refractivity contribution is 7.90. The van der Waals surface area contributed by atoms with Crippen molar-refractivity contribution in [2.45, 2.75) is 55.0 Å². The molecule has 2 saturated heterocycles. The number of carboxylic acids is 1. The van der Waals surface area contributed by atoms with Crippen LogP contribution in [-0.2, 0) is 25.0 Å². The lowest BCUT2D eigenvalue weighted by molar-refractivity contribution is -0.192. The van der Waals surface area contributed by atoms with E-state index in [1.807, 2.05) is 37.2 Å². The van der Waals surface area contributed by atoms with Crippen LogP contribution in [0.15, 0.2) is 30.3 Å². The second-order valence-electron chi connectivity index (χ2n) is 9.59. The molecule has 0 bridgehead atoms. The van der Waals surface area contributed by atoms with Gasteiger partial charge in [-0.1, -0.05) is 30.3 Å². The summed E-state index contributed by atoms with van der Waals surface area (Å²) in [7, 11) is 0.707. The van der Waals surface area contributed by atoms with Gasteiger partial charge in [-0.3, -0.25) is 4.79 Å². The molecular weight excluding hydrogens is 487 g/mol. The van der Waals surface area contributed by atoms with E-state index in [-0.39, 0.29) is 22.6 Å². The Hall–Kier alpha value is -2.18. The van der Waals surface area contributed by atoms with Crippen LogP contribution >= 0.6 is 0 Å². The van der Waals surface area contributed by atoms with Crippen molar-refractivity contribution >= 4 is 21.9 Å². The molecule has 196 valence electrons. The average molecular weight is 520 g/mol. The fourth-order valence-electron chi connectivity index (χ4n) is 4.91. The second kappa shape index (κ2) is 10.4. The molecule has 12 heteroatoms. The molecule has 2 heterocycles. The number of carbonyl (C=O) groups excluding carboxylic acids is 1. The number of alkyl halides is 3. The molecule has 1 aromatic carbocycles. The van der Waals surface area contributed by atoms with Crippen molar-refractivity contribution in [2.24, 2.45) is 0 Å². The number of nitrogens with zero attached hydrogens (tertiary/aromatic N) is 3. The Balaban J connectivity index is 0.000000429. The summed E-state index contributed by atoms with van der Waals surface area (Å²) in [5.41, 5.74) is 0.905. The number of hydrogen-bond acceptors (Lipinski definition) is 5. The van der Waals surface area contributed by atoms with Gasteiger partial charge in [-0.05, 0) is 45.3 Å². The van der Waals surface area contributed by atoms with Crippen molar-refractivity contribution < 1.29 is 36.3 Å². The molecule has 1 aromatic rings. The zero-order chi connectivity index (χ0) is 26.0. The van der Waals surface area contributed by atoms with Crippen LogP contribution in [0.5, 0.6) is 0 Å². The van der Waals surface area contributed by atoms with Crippen LogP contribution in [0.3, 0.4) is 0 Å². The predicted molar refractivity (Wildman–Crippen MR) is 123 cm³/mol. The highest BCUT2D eigenvalue weighted by atomic mass is 32.2. The lowest BCUT2D eigenvalue weighted by Gasteiger charge is -2.38. The Labute approximate surface area is 203 Å². The van der Waals surface area contributed by atoms with E-state index in [0.29, 0.717) is 26.1 Å². The molecule has 0 aromatic heterocycles. The van der Waals surface area contributed by atoms with Crippen LogP contribution in [-0.4, -0.2) is 97.2 Å². The number of aliphatic carboxylic acids is 1. The first kappa shape index (κ1) is 27.4. The number of rotatable bonds is 6. The molecule has 2 atom stereocenters. The molecular formula is C23H32F3N3O5S. The van der Waals surface area contributed by atoms with Crippen LogP contribution in [0.25, 0.3) is 0 Å². The number of sulfonamides is 1. The summed E-state index contributed by atoms with van der Waals surface area (Å²) in [6, 6.07) is 10.1. The van der Waals surface area contributed by atoms with Crippen LogP contribution in [0, 0.1) is 0 Å². The molecule has 1 N–H and O–H groups in total. The minimum Gasteiger partial charge on any atom is -0.475 e. The maximum atomic E-state index is 13.2. The number of halogens is 3. The Morgan fingerprint density at radius 2 is 1.77 bits per heavy atom. The fraction of sp³-hybridized carbons (Fsp3) is 0.652. The zero-order valence-electron chi connectivity index (χ0n) is 19.9. The van der Waals surface area contributed by atoms with Gasteiger partial charge in [0.15, 0.2) is 0 Å². The number of fused-ring (bicyclic) bond motifs is 1.